The summed E-state index contributed by atoms with van der Waals surface area (Å²) in [5.41, 5.74) is 0. The molecule has 0 rings (SSSR count). The average molecular weight is 416 g/mol. The summed E-state index contributed by atoms with van der Waals surface area (Å²) < 4.78 is 0. The highest BCUT2D eigenvalue weighted by molar-refractivity contribution is 5.80. The van der Waals surface area contributed by atoms with Crippen LogP contribution in [0.4, 0.5) is 0 Å². The molecule has 0 aromatic heterocycles. The fraction of sp³-hybridized carbons (Fsp3) is 0.870. The third kappa shape index (κ3) is 21.7. The van der Waals surface area contributed by atoms with Crippen molar-refractivity contribution >= 4 is 5.78 Å². The van der Waals surface area contributed by atoms with Gasteiger partial charge in [-0.25, -0.2) is 0 Å². The molecule has 0 bridgehead atoms. The standard InChI is InChI=1S/C23H45NO5/c1-2-3-4-5-6-7-8-9-10-11-12-13-14-15-16-17-23(27)22-24(28-20-18-25)29-21-19-26/h9-10,25-26H,2-8,11-22H2,1H3. The van der Waals surface area contributed by atoms with Gasteiger partial charge in [0.25, 0.3) is 0 Å². The second kappa shape index (κ2) is 23.5. The molecule has 0 saturated carbocycles. The van der Waals surface area contributed by atoms with Gasteiger partial charge in [0.05, 0.1) is 26.4 Å². The number of Topliss-reactive ketones (excluding diaryl/α,β-unsaturated/α-hetero) is 1. The van der Waals surface area contributed by atoms with Crippen LogP contribution in [0.25, 0.3) is 0 Å². The molecule has 0 aliphatic heterocycles. The summed E-state index contributed by atoms with van der Waals surface area (Å²) in [4.78, 5) is 22.2. The van der Waals surface area contributed by atoms with E-state index < -0.39 is 0 Å². The van der Waals surface area contributed by atoms with Crippen molar-refractivity contribution in [2.75, 3.05) is 33.0 Å². The first-order valence-corrected chi connectivity index (χ1v) is 11.7. The zero-order valence-electron chi connectivity index (χ0n) is 18.7. The number of carbonyl (C=O) groups excluding carboxylic acids is 1. The molecule has 0 unspecified atom stereocenters. The van der Waals surface area contributed by atoms with Gasteiger partial charge in [0.15, 0.2) is 5.78 Å². The van der Waals surface area contributed by atoms with E-state index in [1.165, 1.54) is 57.8 Å². The van der Waals surface area contributed by atoms with Gasteiger partial charge in [0, 0.05) is 6.42 Å². The molecule has 0 saturated heterocycles. The first-order chi connectivity index (χ1) is 14.2. The second-order valence-corrected chi connectivity index (χ2v) is 7.48. The Hall–Kier alpha value is -0.790. The summed E-state index contributed by atoms with van der Waals surface area (Å²) in [6.45, 7) is 2.09. The molecular weight excluding hydrogens is 370 g/mol. The number of carbonyl (C=O) groups is 1. The molecule has 0 amide bonds. The Morgan fingerprint density at radius 2 is 1.24 bits per heavy atom. The van der Waals surface area contributed by atoms with E-state index in [0.29, 0.717) is 6.42 Å². The zero-order valence-corrected chi connectivity index (χ0v) is 18.7. The van der Waals surface area contributed by atoms with Crippen LogP contribution in [0.1, 0.15) is 96.8 Å². The minimum absolute atomic E-state index is 0.0173. The van der Waals surface area contributed by atoms with Crippen LogP contribution in [0.5, 0.6) is 0 Å². The number of hydrogen-bond donors (Lipinski definition) is 2. The van der Waals surface area contributed by atoms with Crippen LogP contribution >= 0.6 is 0 Å². The smallest absolute Gasteiger partial charge is 0.151 e. The van der Waals surface area contributed by atoms with Crippen molar-refractivity contribution in [1.82, 2.24) is 5.23 Å². The fourth-order valence-electron chi connectivity index (χ4n) is 3.03. The molecule has 0 spiro atoms. The molecule has 0 radical (unpaired) electrons. The second-order valence-electron chi connectivity index (χ2n) is 7.48. The average Bonchev–Trinajstić information content (AvgIpc) is 2.72. The lowest BCUT2D eigenvalue weighted by Gasteiger charge is -2.19. The number of rotatable bonds is 23. The lowest BCUT2D eigenvalue weighted by Crippen LogP contribution is -2.32. The molecule has 6 nitrogen and oxygen atoms in total. The van der Waals surface area contributed by atoms with Crippen molar-refractivity contribution in [3.63, 3.8) is 0 Å². The largest absolute Gasteiger partial charge is 0.394 e. The van der Waals surface area contributed by atoms with E-state index in [1.54, 1.807) is 0 Å². The Morgan fingerprint density at radius 1 is 0.759 bits per heavy atom. The molecule has 0 aromatic carbocycles. The van der Waals surface area contributed by atoms with Crippen molar-refractivity contribution in [1.29, 1.82) is 0 Å². The number of allylic oxidation sites excluding steroid dienone is 2. The molecule has 0 heterocycles. The zero-order chi connectivity index (χ0) is 21.4. The van der Waals surface area contributed by atoms with Crippen molar-refractivity contribution in [2.24, 2.45) is 0 Å². The van der Waals surface area contributed by atoms with E-state index in [1.807, 2.05) is 0 Å². The van der Waals surface area contributed by atoms with E-state index in [-0.39, 0.29) is 38.8 Å². The number of ketones is 1. The maximum atomic E-state index is 12.0. The minimum atomic E-state index is -0.151. The van der Waals surface area contributed by atoms with Crippen molar-refractivity contribution in [3.05, 3.63) is 12.2 Å². The van der Waals surface area contributed by atoms with Gasteiger partial charge in [-0.1, -0.05) is 75.7 Å². The van der Waals surface area contributed by atoms with E-state index >= 15 is 0 Å². The number of nitrogens with zero attached hydrogens (tertiary/aromatic N) is 1. The number of hydroxylamine groups is 2. The summed E-state index contributed by atoms with van der Waals surface area (Å²) in [7, 11) is 0. The molecule has 0 fully saturated rings. The van der Waals surface area contributed by atoms with Gasteiger partial charge >= 0.3 is 0 Å². The predicted molar refractivity (Wildman–Crippen MR) is 117 cm³/mol. The van der Waals surface area contributed by atoms with Crippen LogP contribution in [0.3, 0.4) is 0 Å². The van der Waals surface area contributed by atoms with Crippen molar-refractivity contribution in [3.8, 4) is 0 Å². The van der Waals surface area contributed by atoms with Gasteiger partial charge < -0.3 is 10.2 Å². The summed E-state index contributed by atoms with van der Waals surface area (Å²) in [5, 5.41) is 18.6. The van der Waals surface area contributed by atoms with Gasteiger partial charge in [-0.05, 0) is 32.1 Å². The van der Waals surface area contributed by atoms with Crippen LogP contribution in [0.15, 0.2) is 12.2 Å². The first-order valence-electron chi connectivity index (χ1n) is 11.7. The maximum absolute atomic E-state index is 12.0. The van der Waals surface area contributed by atoms with Gasteiger partial charge in [0.1, 0.15) is 6.54 Å². The third-order valence-corrected chi connectivity index (χ3v) is 4.68. The van der Waals surface area contributed by atoms with Gasteiger partial charge in [-0.15, -0.1) is 0 Å². The van der Waals surface area contributed by atoms with Gasteiger partial charge in [-0.3, -0.25) is 14.5 Å². The Balaban J connectivity index is 3.49. The highest BCUT2D eigenvalue weighted by atomic mass is 16.9. The monoisotopic (exact) mass is 415 g/mol. The molecule has 2 N–H and O–H groups in total. The minimum Gasteiger partial charge on any atom is -0.394 e. The molecule has 6 heteroatoms. The first kappa shape index (κ1) is 28.2. The molecular formula is C23H45NO5. The molecule has 0 aromatic rings. The molecule has 172 valence electrons. The van der Waals surface area contributed by atoms with Crippen LogP contribution < -0.4 is 0 Å². The predicted octanol–water partition coefficient (Wildman–Crippen LogP) is 4.74. The van der Waals surface area contributed by atoms with Crippen molar-refractivity contribution < 1.29 is 24.7 Å². The van der Waals surface area contributed by atoms with E-state index in [2.05, 4.69) is 19.1 Å². The summed E-state index contributed by atoms with van der Waals surface area (Å²) >= 11 is 0. The van der Waals surface area contributed by atoms with Crippen LogP contribution in [-0.2, 0) is 14.5 Å². The van der Waals surface area contributed by atoms with Crippen LogP contribution in [-0.4, -0.2) is 54.2 Å². The molecule has 0 aliphatic carbocycles. The highest BCUT2D eigenvalue weighted by Gasteiger charge is 2.12. The SMILES string of the molecule is CCCCCCCCC=CCCCCCCCC(=O)CN(OCCO)OCCO. The Kier molecular flexibility index (Phi) is 22.8. The number of aliphatic hydroxyl groups is 2. The number of aliphatic hydroxyl groups excluding tert-OH is 2. The van der Waals surface area contributed by atoms with Crippen LogP contribution in [0.2, 0.25) is 0 Å². The summed E-state index contributed by atoms with van der Waals surface area (Å²) in [6.07, 6.45) is 21.2. The topological polar surface area (TPSA) is 79.2 Å². The molecule has 0 aliphatic rings. The Bertz CT molecular complexity index is 368. The van der Waals surface area contributed by atoms with Gasteiger partial charge in [-0.2, -0.15) is 0 Å². The van der Waals surface area contributed by atoms with E-state index in [0.717, 1.165) is 30.9 Å². The summed E-state index contributed by atoms with van der Waals surface area (Å²) in [6, 6.07) is 0. The Labute approximate surface area is 178 Å². The quantitative estimate of drug-likeness (QED) is 0.142. The van der Waals surface area contributed by atoms with Crippen LogP contribution in [0, 0.1) is 0 Å². The highest BCUT2D eigenvalue weighted by Crippen LogP contribution is 2.10. The fourth-order valence-corrected chi connectivity index (χ4v) is 3.03. The van der Waals surface area contributed by atoms with E-state index in [9.17, 15) is 4.79 Å². The normalized spacial score (nSPS) is 11.7. The molecule has 0 atom stereocenters. The number of unbranched alkanes of at least 4 members (excludes halogenated alkanes) is 11. The third-order valence-electron chi connectivity index (χ3n) is 4.68. The van der Waals surface area contributed by atoms with Gasteiger partial charge in [0.2, 0.25) is 0 Å². The lowest BCUT2D eigenvalue weighted by atomic mass is 10.1. The number of hydrogen-bond acceptors (Lipinski definition) is 6. The maximum Gasteiger partial charge on any atom is 0.151 e. The summed E-state index contributed by atoms with van der Waals surface area (Å²) in [5.74, 6) is 0.0403. The van der Waals surface area contributed by atoms with E-state index in [4.69, 9.17) is 19.9 Å². The van der Waals surface area contributed by atoms with Crippen molar-refractivity contribution in [2.45, 2.75) is 96.8 Å². The Morgan fingerprint density at radius 3 is 1.76 bits per heavy atom. The molecule has 29 heavy (non-hydrogen) atoms. The lowest BCUT2D eigenvalue weighted by molar-refractivity contribution is -0.366.